The summed E-state index contributed by atoms with van der Waals surface area (Å²) in [7, 11) is 3.98. The molecule has 166 valence electrons. The lowest BCUT2D eigenvalue weighted by Crippen LogP contribution is -2.67. The first-order valence-corrected chi connectivity index (χ1v) is 11.6. The average Bonchev–Trinajstić information content (AvgIpc) is 3.19. The van der Waals surface area contributed by atoms with Crippen LogP contribution in [0.1, 0.15) is 24.5 Å². The van der Waals surface area contributed by atoms with E-state index < -0.39 is 0 Å². The highest BCUT2D eigenvalue weighted by Gasteiger charge is 2.70. The Hall–Kier alpha value is -2.71. The van der Waals surface area contributed by atoms with Crippen LogP contribution in [0.15, 0.2) is 36.4 Å². The number of benzene rings is 2. The number of likely N-dealkylation sites (N-methyl/N-ethyl adjacent to an activating group) is 2. The molecule has 3 aliphatic rings. The van der Waals surface area contributed by atoms with E-state index in [4.69, 9.17) is 0 Å². The Balaban J connectivity index is 1.35. The number of carbonyl (C=O) groups excluding carboxylic acids is 1. The number of nitrogens with zero attached hydrogens (tertiary/aromatic N) is 3. The number of carbonyl (C=O) groups is 1. The van der Waals surface area contributed by atoms with Crippen molar-refractivity contribution in [2.75, 3.05) is 26.0 Å². The molecule has 1 spiro atoms. The number of anilines is 1. The molecule has 2 bridgehead atoms. The van der Waals surface area contributed by atoms with E-state index in [0.29, 0.717) is 15.3 Å². The van der Waals surface area contributed by atoms with E-state index in [1.54, 1.807) is 12.1 Å². The topological polar surface area (TPSA) is 68.7 Å². The van der Waals surface area contributed by atoms with Crippen LogP contribution in [0.5, 0.6) is 5.75 Å². The molecule has 2 fully saturated rings. The number of hydrogen-bond donors (Lipinski definition) is 2. The van der Waals surface area contributed by atoms with Crippen LogP contribution in [-0.2, 0) is 11.8 Å². The zero-order chi connectivity index (χ0) is 22.4. The number of fused-ring (bicyclic) bond motifs is 4. The normalized spacial score (nSPS) is 30.5. The highest BCUT2D eigenvalue weighted by molar-refractivity contribution is 7.22. The largest absolute Gasteiger partial charge is 0.508 e. The molecule has 2 amide bonds. The van der Waals surface area contributed by atoms with Crippen molar-refractivity contribution < 1.29 is 14.3 Å². The van der Waals surface area contributed by atoms with E-state index in [2.05, 4.69) is 29.2 Å². The van der Waals surface area contributed by atoms with Crippen molar-refractivity contribution in [2.45, 2.75) is 37.3 Å². The smallest absolute Gasteiger partial charge is 0.323 e. The maximum absolute atomic E-state index is 13.5. The van der Waals surface area contributed by atoms with E-state index in [9.17, 15) is 14.3 Å². The van der Waals surface area contributed by atoms with Gasteiger partial charge in [-0.2, -0.15) is 0 Å². The predicted octanol–water partition coefficient (Wildman–Crippen LogP) is 4.19. The van der Waals surface area contributed by atoms with Crippen molar-refractivity contribution in [3.8, 4) is 5.75 Å². The van der Waals surface area contributed by atoms with Gasteiger partial charge in [0.1, 0.15) is 11.6 Å². The van der Waals surface area contributed by atoms with Crippen LogP contribution in [-0.4, -0.2) is 58.6 Å². The van der Waals surface area contributed by atoms with Crippen molar-refractivity contribution in [1.82, 2.24) is 14.8 Å². The summed E-state index contributed by atoms with van der Waals surface area (Å²) in [5.74, 6) is -0.0522. The summed E-state index contributed by atoms with van der Waals surface area (Å²) >= 11 is 1.27. The monoisotopic (exact) mass is 452 g/mol. The lowest BCUT2D eigenvalue weighted by Gasteiger charge is -2.55. The SMILES string of the molecule is CN1CC23Cc4ccc(O)cc4[C@@](C)(C2)[C@@H](N(C)C(=O)Nc2nc4ccc(F)cc4s2)C13. The molecule has 0 radical (unpaired) electrons. The van der Waals surface area contributed by atoms with Crippen LogP contribution < -0.4 is 5.32 Å². The maximum Gasteiger partial charge on any atom is 0.323 e. The molecule has 8 heteroatoms. The Labute approximate surface area is 189 Å². The van der Waals surface area contributed by atoms with Crippen LogP contribution in [0.25, 0.3) is 10.2 Å². The number of thiazole rings is 1. The fourth-order valence-electron chi connectivity index (χ4n) is 6.97. The van der Waals surface area contributed by atoms with Gasteiger partial charge in [0.05, 0.1) is 16.3 Å². The summed E-state index contributed by atoms with van der Waals surface area (Å²) in [5, 5.41) is 13.6. The summed E-state index contributed by atoms with van der Waals surface area (Å²) < 4.78 is 14.2. The van der Waals surface area contributed by atoms with Gasteiger partial charge in [0.15, 0.2) is 5.13 Å². The number of likely N-dealkylation sites (tertiary alicyclic amines) is 1. The minimum absolute atomic E-state index is 0.0453. The number of rotatable bonds is 2. The number of hydrogen-bond acceptors (Lipinski definition) is 5. The van der Waals surface area contributed by atoms with Crippen LogP contribution in [0.2, 0.25) is 0 Å². The van der Waals surface area contributed by atoms with Crippen LogP contribution in [0.4, 0.5) is 14.3 Å². The van der Waals surface area contributed by atoms with Crippen LogP contribution in [0, 0.1) is 11.2 Å². The van der Waals surface area contributed by atoms with Crippen molar-refractivity contribution in [2.24, 2.45) is 5.41 Å². The van der Waals surface area contributed by atoms with Gasteiger partial charge in [-0.15, -0.1) is 0 Å². The molecule has 6 nitrogen and oxygen atoms in total. The molecule has 1 aliphatic heterocycles. The molecule has 6 rings (SSSR count). The van der Waals surface area contributed by atoms with Gasteiger partial charge in [0, 0.05) is 30.5 Å². The fourth-order valence-corrected chi connectivity index (χ4v) is 7.85. The van der Waals surface area contributed by atoms with Gasteiger partial charge in [-0.3, -0.25) is 5.32 Å². The van der Waals surface area contributed by atoms with E-state index in [-0.39, 0.29) is 40.5 Å². The summed E-state index contributed by atoms with van der Waals surface area (Å²) in [6.07, 6.45) is 1.97. The number of phenolic OH excluding ortho intramolecular Hbond substituents is 1. The molecule has 2 N–H and O–H groups in total. The van der Waals surface area contributed by atoms with E-state index in [1.165, 1.54) is 29.0 Å². The molecule has 2 aliphatic carbocycles. The van der Waals surface area contributed by atoms with Gasteiger partial charge in [0.2, 0.25) is 0 Å². The molecule has 2 aromatic carbocycles. The zero-order valence-electron chi connectivity index (χ0n) is 18.2. The van der Waals surface area contributed by atoms with Gasteiger partial charge >= 0.3 is 6.03 Å². The van der Waals surface area contributed by atoms with Gasteiger partial charge in [-0.1, -0.05) is 24.3 Å². The number of nitrogens with one attached hydrogen (secondary N) is 1. The second kappa shape index (κ2) is 6.42. The molecule has 2 unspecified atom stereocenters. The molecule has 32 heavy (non-hydrogen) atoms. The fraction of sp³-hybridized carbons (Fsp3) is 0.417. The van der Waals surface area contributed by atoms with Gasteiger partial charge in [-0.25, -0.2) is 14.2 Å². The average molecular weight is 453 g/mol. The number of amides is 2. The van der Waals surface area contributed by atoms with Gasteiger partial charge in [-0.05, 0) is 61.3 Å². The van der Waals surface area contributed by atoms with Crippen molar-refractivity contribution in [3.05, 3.63) is 53.3 Å². The van der Waals surface area contributed by atoms with E-state index >= 15 is 0 Å². The number of halogens is 1. The summed E-state index contributed by atoms with van der Waals surface area (Å²) in [6.45, 7) is 3.25. The minimum atomic E-state index is -0.317. The molecule has 1 saturated carbocycles. The summed E-state index contributed by atoms with van der Waals surface area (Å²) in [5.41, 5.74) is 2.98. The van der Waals surface area contributed by atoms with Crippen molar-refractivity contribution in [1.29, 1.82) is 0 Å². The second-order valence-corrected chi connectivity index (χ2v) is 11.0. The number of phenols is 1. The summed E-state index contributed by atoms with van der Waals surface area (Å²) in [4.78, 5) is 22.0. The molecular formula is C24H25FN4O2S. The van der Waals surface area contributed by atoms with Crippen molar-refractivity contribution >= 4 is 32.7 Å². The Bertz CT molecular complexity index is 1280. The Morgan fingerprint density at radius 2 is 2.16 bits per heavy atom. The van der Waals surface area contributed by atoms with Crippen LogP contribution >= 0.6 is 11.3 Å². The van der Waals surface area contributed by atoms with Gasteiger partial charge in [0.25, 0.3) is 0 Å². The van der Waals surface area contributed by atoms with Crippen molar-refractivity contribution in [3.63, 3.8) is 0 Å². The Morgan fingerprint density at radius 1 is 1.34 bits per heavy atom. The Kier molecular flexibility index (Phi) is 4.00. The van der Waals surface area contributed by atoms with E-state index in [1.807, 2.05) is 24.1 Å². The molecular weight excluding hydrogens is 427 g/mol. The molecule has 1 aromatic heterocycles. The summed E-state index contributed by atoms with van der Waals surface area (Å²) in [6, 6.07) is 10.1. The first-order valence-electron chi connectivity index (χ1n) is 10.8. The highest BCUT2D eigenvalue weighted by Crippen LogP contribution is 2.64. The predicted molar refractivity (Wildman–Crippen MR) is 123 cm³/mol. The lowest BCUT2D eigenvalue weighted by molar-refractivity contribution is -0.0523. The molecule has 3 aromatic rings. The lowest BCUT2D eigenvalue weighted by atomic mass is 9.63. The van der Waals surface area contributed by atoms with E-state index in [0.717, 1.165) is 24.9 Å². The zero-order valence-corrected chi connectivity index (χ0v) is 19.0. The minimum Gasteiger partial charge on any atom is -0.508 e. The van der Waals surface area contributed by atoms with Crippen LogP contribution in [0.3, 0.4) is 0 Å². The number of aromatic nitrogens is 1. The maximum atomic E-state index is 13.5. The quantitative estimate of drug-likeness (QED) is 0.612. The molecule has 2 heterocycles. The first kappa shape index (κ1) is 19.9. The van der Waals surface area contributed by atoms with Gasteiger partial charge < -0.3 is 14.9 Å². The standard InChI is InChI=1S/C24H25FN4O2S/c1-23-11-24(10-13-4-6-15(30)9-16(13)23)12-28(2)20(24)19(23)29(3)22(31)27-21-26-17-7-5-14(25)8-18(17)32-21/h4-9,19-20,30H,10-12H2,1-3H3,(H,26,27,31)/t19-,20?,23+,24?/m0/s1. The highest BCUT2D eigenvalue weighted by atomic mass is 32.1. The first-order chi connectivity index (χ1) is 15.2. The third kappa shape index (κ3) is 2.59. The third-order valence-electron chi connectivity index (χ3n) is 7.89. The number of aromatic hydroxyl groups is 1. The third-order valence-corrected chi connectivity index (χ3v) is 8.82. The molecule has 4 atom stereocenters. The molecule has 1 saturated heterocycles. The second-order valence-electron chi connectivity index (χ2n) is 9.95. The Morgan fingerprint density at radius 3 is 2.94 bits per heavy atom. The number of urea groups is 1.